The first-order valence-corrected chi connectivity index (χ1v) is 14.4. The van der Waals surface area contributed by atoms with Gasteiger partial charge in [0.05, 0.1) is 13.1 Å². The second-order valence-corrected chi connectivity index (χ2v) is 11.1. The molecule has 4 aromatic rings. The summed E-state index contributed by atoms with van der Waals surface area (Å²) in [7, 11) is 1.85. The van der Waals surface area contributed by atoms with Crippen molar-refractivity contribution in [2.45, 2.75) is 57.5 Å². The van der Waals surface area contributed by atoms with Crippen LogP contribution in [-0.2, 0) is 19.5 Å². The Bertz CT molecular complexity index is 1490. The summed E-state index contributed by atoms with van der Waals surface area (Å²) in [5.41, 5.74) is 6.72. The van der Waals surface area contributed by atoms with Crippen molar-refractivity contribution in [3.63, 3.8) is 0 Å². The number of aromatic nitrogens is 2. The molecule has 0 radical (unpaired) electrons. The summed E-state index contributed by atoms with van der Waals surface area (Å²) in [5.74, 6) is 0.578. The number of hydrogen-bond acceptors (Lipinski definition) is 3. The lowest BCUT2D eigenvalue weighted by molar-refractivity contribution is 0.0786. The van der Waals surface area contributed by atoms with Crippen LogP contribution in [0.1, 0.15) is 81.3 Å². The van der Waals surface area contributed by atoms with Gasteiger partial charge in [0.25, 0.3) is 11.8 Å². The molecular weight excluding hydrogens is 496 g/mol. The molecule has 2 aliphatic rings. The molecule has 0 saturated heterocycles. The summed E-state index contributed by atoms with van der Waals surface area (Å²) in [4.78, 5) is 35.2. The number of fused-ring (bicyclic) bond motifs is 2. The summed E-state index contributed by atoms with van der Waals surface area (Å²) < 4.78 is 2.07. The number of hydrogen-bond donors (Lipinski definition) is 0. The summed E-state index contributed by atoms with van der Waals surface area (Å²) in [6.45, 7) is 1.57. The van der Waals surface area contributed by atoms with Gasteiger partial charge in [-0.15, -0.1) is 0 Å². The maximum atomic E-state index is 13.9. The molecule has 2 aromatic carbocycles. The number of rotatable bonds is 6. The highest BCUT2D eigenvalue weighted by atomic mass is 16.2. The van der Waals surface area contributed by atoms with Gasteiger partial charge in [-0.3, -0.25) is 14.6 Å². The van der Waals surface area contributed by atoms with E-state index in [2.05, 4.69) is 27.8 Å². The van der Waals surface area contributed by atoms with Crippen molar-refractivity contribution in [1.29, 1.82) is 0 Å². The molecule has 1 fully saturated rings. The van der Waals surface area contributed by atoms with Crippen molar-refractivity contribution >= 4 is 17.5 Å². The molecule has 0 bridgehead atoms. The van der Waals surface area contributed by atoms with Gasteiger partial charge in [-0.2, -0.15) is 0 Å². The van der Waals surface area contributed by atoms with E-state index in [9.17, 15) is 9.59 Å². The highest BCUT2D eigenvalue weighted by molar-refractivity contribution is 6.06. The largest absolute Gasteiger partial charge is 0.340 e. The molecule has 6 rings (SSSR count). The van der Waals surface area contributed by atoms with E-state index < -0.39 is 0 Å². The minimum atomic E-state index is -0.0177. The summed E-state index contributed by atoms with van der Waals surface area (Å²) in [6, 6.07) is 24.2. The van der Waals surface area contributed by atoms with Crippen molar-refractivity contribution < 1.29 is 9.59 Å². The van der Waals surface area contributed by atoms with Crippen molar-refractivity contribution in [1.82, 2.24) is 14.5 Å². The Balaban J connectivity index is 1.24. The second kappa shape index (κ2) is 11.5. The van der Waals surface area contributed by atoms with E-state index in [1.807, 2.05) is 66.5 Å². The third-order valence-corrected chi connectivity index (χ3v) is 8.53. The Morgan fingerprint density at radius 2 is 1.62 bits per heavy atom. The zero-order valence-electron chi connectivity index (χ0n) is 23.1. The Hall–Kier alpha value is -4.19. The normalized spacial score (nSPS) is 15.2. The predicted octanol–water partition coefficient (Wildman–Crippen LogP) is 6.45. The number of benzene rings is 2. The van der Waals surface area contributed by atoms with Gasteiger partial charge >= 0.3 is 0 Å². The maximum absolute atomic E-state index is 13.9. The van der Waals surface area contributed by atoms with Crippen LogP contribution in [0.3, 0.4) is 0 Å². The molecule has 1 aliphatic heterocycles. The minimum Gasteiger partial charge on any atom is -0.340 e. The van der Waals surface area contributed by atoms with Gasteiger partial charge in [-0.1, -0.05) is 49.6 Å². The lowest BCUT2D eigenvalue weighted by atomic mass is 9.84. The van der Waals surface area contributed by atoms with Crippen molar-refractivity contribution in [3.8, 4) is 0 Å². The summed E-state index contributed by atoms with van der Waals surface area (Å²) >= 11 is 0. The summed E-state index contributed by atoms with van der Waals surface area (Å²) in [5, 5.41) is 0. The van der Waals surface area contributed by atoms with E-state index in [1.165, 1.54) is 37.7 Å². The van der Waals surface area contributed by atoms with Crippen molar-refractivity contribution in [3.05, 3.63) is 119 Å². The molecule has 40 heavy (non-hydrogen) atoms. The first-order valence-electron chi connectivity index (χ1n) is 14.4. The number of likely N-dealkylation sites (N-methyl/N-ethyl adjacent to an activating group) is 1. The van der Waals surface area contributed by atoms with E-state index in [4.69, 9.17) is 0 Å². The molecule has 0 atom stereocenters. The minimum absolute atomic E-state index is 0.0142. The molecular formula is C34H36N4O2. The van der Waals surface area contributed by atoms with Crippen LogP contribution in [0, 0.1) is 0 Å². The second-order valence-electron chi connectivity index (χ2n) is 11.1. The molecule has 2 amide bonds. The van der Waals surface area contributed by atoms with E-state index in [0.717, 1.165) is 28.9 Å². The zero-order chi connectivity index (χ0) is 27.5. The molecule has 6 nitrogen and oxygen atoms in total. The van der Waals surface area contributed by atoms with Crippen LogP contribution < -0.4 is 4.90 Å². The number of carbonyl (C=O) groups is 2. The van der Waals surface area contributed by atoms with E-state index in [1.54, 1.807) is 17.3 Å². The van der Waals surface area contributed by atoms with Crippen LogP contribution in [0.15, 0.2) is 85.2 Å². The highest BCUT2D eigenvalue weighted by Gasteiger charge is 2.28. The van der Waals surface area contributed by atoms with Crippen LogP contribution in [0.4, 0.5) is 5.69 Å². The monoisotopic (exact) mass is 532 g/mol. The van der Waals surface area contributed by atoms with Gasteiger partial charge in [0.15, 0.2) is 0 Å². The van der Waals surface area contributed by atoms with Gasteiger partial charge in [0, 0.05) is 42.9 Å². The number of amides is 2. The van der Waals surface area contributed by atoms with Crippen molar-refractivity contribution in [2.75, 3.05) is 18.5 Å². The lowest BCUT2D eigenvalue weighted by Crippen LogP contribution is -2.31. The third kappa shape index (κ3) is 5.31. The van der Waals surface area contributed by atoms with Gasteiger partial charge < -0.3 is 14.4 Å². The number of carbonyl (C=O) groups excluding carboxylic acids is 2. The van der Waals surface area contributed by atoms with E-state index >= 15 is 0 Å². The Labute approximate surface area is 236 Å². The van der Waals surface area contributed by atoms with Gasteiger partial charge in [0.1, 0.15) is 5.69 Å². The topological polar surface area (TPSA) is 58.4 Å². The molecule has 1 saturated carbocycles. The molecule has 3 heterocycles. The SMILES string of the molecule is CN(CCc1ccncc1)C(=O)c1ccc2n1Cc1ccccc1N(C(=O)c1ccc(C3CCCCC3)cc1)C2. The van der Waals surface area contributed by atoms with Crippen LogP contribution in [-0.4, -0.2) is 39.9 Å². The third-order valence-electron chi connectivity index (χ3n) is 8.53. The lowest BCUT2D eigenvalue weighted by Gasteiger charge is -2.24. The molecule has 0 spiro atoms. The fraction of sp³-hybridized carbons (Fsp3) is 0.324. The van der Waals surface area contributed by atoms with Crippen LogP contribution in [0.2, 0.25) is 0 Å². The standard InChI is InChI=1S/C34H36N4O2/c1-36(22-19-25-17-20-35-21-18-25)34(40)32-16-15-30-24-38(31-10-6-5-9-29(31)23-37(30)32)33(39)28-13-11-27(12-14-28)26-7-3-2-4-8-26/h5-6,9-18,20-21,26H,2-4,7-8,19,22-24H2,1H3. The quantitative estimate of drug-likeness (QED) is 0.287. The molecule has 2 aromatic heterocycles. The Morgan fingerprint density at radius 1 is 0.875 bits per heavy atom. The molecule has 0 N–H and O–H groups in total. The smallest absolute Gasteiger partial charge is 0.270 e. The first kappa shape index (κ1) is 26.1. The highest BCUT2D eigenvalue weighted by Crippen LogP contribution is 2.34. The van der Waals surface area contributed by atoms with Crippen LogP contribution in [0.25, 0.3) is 0 Å². The molecule has 0 unspecified atom stereocenters. The Kier molecular flexibility index (Phi) is 7.49. The van der Waals surface area contributed by atoms with E-state index in [0.29, 0.717) is 36.8 Å². The number of nitrogens with zero attached hydrogens (tertiary/aromatic N) is 4. The van der Waals surface area contributed by atoms with Gasteiger partial charge in [-0.25, -0.2) is 0 Å². The fourth-order valence-electron chi connectivity index (χ4n) is 6.16. The Morgan fingerprint density at radius 3 is 2.40 bits per heavy atom. The van der Waals surface area contributed by atoms with Gasteiger partial charge in [0.2, 0.25) is 0 Å². The predicted molar refractivity (Wildman–Crippen MR) is 158 cm³/mol. The number of anilines is 1. The van der Waals surface area contributed by atoms with Gasteiger partial charge in [-0.05, 0) is 84.3 Å². The maximum Gasteiger partial charge on any atom is 0.270 e. The number of pyridine rings is 1. The average molecular weight is 533 g/mol. The zero-order valence-corrected chi connectivity index (χ0v) is 23.1. The first-order chi connectivity index (χ1) is 19.6. The van der Waals surface area contributed by atoms with Crippen LogP contribution >= 0.6 is 0 Å². The molecule has 204 valence electrons. The van der Waals surface area contributed by atoms with Crippen molar-refractivity contribution in [2.24, 2.45) is 0 Å². The average Bonchev–Trinajstić information content (AvgIpc) is 3.33. The summed E-state index contributed by atoms with van der Waals surface area (Å²) in [6.07, 6.45) is 10.7. The fourth-order valence-corrected chi connectivity index (χ4v) is 6.16. The molecule has 6 heteroatoms. The molecule has 1 aliphatic carbocycles. The van der Waals surface area contributed by atoms with Crippen LogP contribution in [0.5, 0.6) is 0 Å². The van der Waals surface area contributed by atoms with E-state index in [-0.39, 0.29) is 11.8 Å². The number of para-hydroxylation sites is 1.